The molecule has 0 unspecified atom stereocenters. The molecular formula is C11H18N2O3. The van der Waals surface area contributed by atoms with Crippen LogP contribution in [0.2, 0.25) is 0 Å². The van der Waals surface area contributed by atoms with Gasteiger partial charge in [0.2, 0.25) is 11.8 Å². The Hall–Kier alpha value is -1.39. The van der Waals surface area contributed by atoms with Crippen LogP contribution in [0, 0.1) is 5.41 Å². The SMILES string of the molecule is CCCCCCC1(C)C(=O)NC(=O)NC1=O. The predicted molar refractivity (Wildman–Crippen MR) is 58.5 cm³/mol. The summed E-state index contributed by atoms with van der Waals surface area (Å²) in [6.45, 7) is 3.68. The first-order valence-corrected chi connectivity index (χ1v) is 5.67. The van der Waals surface area contributed by atoms with Crippen molar-refractivity contribution in [1.82, 2.24) is 10.6 Å². The fourth-order valence-electron chi connectivity index (χ4n) is 1.75. The number of carbonyl (C=O) groups is 3. The van der Waals surface area contributed by atoms with Crippen LogP contribution >= 0.6 is 0 Å². The molecule has 1 aliphatic rings. The van der Waals surface area contributed by atoms with E-state index in [2.05, 4.69) is 17.6 Å². The van der Waals surface area contributed by atoms with Crippen molar-refractivity contribution in [2.75, 3.05) is 0 Å². The number of amides is 4. The van der Waals surface area contributed by atoms with Crippen LogP contribution in [0.15, 0.2) is 0 Å². The van der Waals surface area contributed by atoms with Crippen LogP contribution in [0.25, 0.3) is 0 Å². The van der Waals surface area contributed by atoms with Gasteiger partial charge in [0.05, 0.1) is 0 Å². The lowest BCUT2D eigenvalue weighted by molar-refractivity contribution is -0.143. The number of hydrogen-bond acceptors (Lipinski definition) is 3. The van der Waals surface area contributed by atoms with Crippen LogP contribution in [-0.4, -0.2) is 17.8 Å². The van der Waals surface area contributed by atoms with Crippen molar-refractivity contribution in [2.24, 2.45) is 5.41 Å². The van der Waals surface area contributed by atoms with E-state index in [1.165, 1.54) is 0 Å². The molecule has 0 aromatic heterocycles. The van der Waals surface area contributed by atoms with E-state index < -0.39 is 23.3 Å². The highest BCUT2D eigenvalue weighted by molar-refractivity contribution is 6.18. The Bertz CT molecular complexity index is 292. The lowest BCUT2D eigenvalue weighted by Gasteiger charge is -2.30. The molecule has 5 heteroatoms. The molecule has 0 aromatic rings. The van der Waals surface area contributed by atoms with Crippen molar-refractivity contribution in [2.45, 2.75) is 46.0 Å². The van der Waals surface area contributed by atoms with E-state index in [1.54, 1.807) is 6.92 Å². The highest BCUT2D eigenvalue weighted by atomic mass is 16.2. The van der Waals surface area contributed by atoms with Crippen molar-refractivity contribution in [3.63, 3.8) is 0 Å². The molecule has 4 amide bonds. The number of nitrogens with one attached hydrogen (secondary N) is 2. The van der Waals surface area contributed by atoms with Crippen molar-refractivity contribution in [3.8, 4) is 0 Å². The molecule has 5 nitrogen and oxygen atoms in total. The number of carbonyl (C=O) groups excluding carboxylic acids is 3. The number of barbiturate groups is 1. The molecule has 1 heterocycles. The van der Waals surface area contributed by atoms with Crippen molar-refractivity contribution >= 4 is 17.8 Å². The zero-order valence-electron chi connectivity index (χ0n) is 9.76. The van der Waals surface area contributed by atoms with Gasteiger partial charge in [-0.1, -0.05) is 32.6 Å². The van der Waals surface area contributed by atoms with Crippen LogP contribution in [0.1, 0.15) is 46.0 Å². The molecule has 0 bridgehead atoms. The second-order valence-corrected chi connectivity index (χ2v) is 4.38. The molecule has 1 fully saturated rings. The zero-order chi connectivity index (χ0) is 12.2. The zero-order valence-corrected chi connectivity index (χ0v) is 9.76. The van der Waals surface area contributed by atoms with Gasteiger partial charge in [0.25, 0.3) is 0 Å². The minimum atomic E-state index is -1.10. The van der Waals surface area contributed by atoms with Crippen molar-refractivity contribution in [3.05, 3.63) is 0 Å². The first-order valence-electron chi connectivity index (χ1n) is 5.67. The van der Waals surface area contributed by atoms with Gasteiger partial charge in [-0.2, -0.15) is 0 Å². The Balaban J connectivity index is 2.56. The molecule has 0 aromatic carbocycles. The fraction of sp³-hybridized carbons (Fsp3) is 0.727. The third-order valence-electron chi connectivity index (χ3n) is 2.99. The Morgan fingerprint density at radius 3 is 2.06 bits per heavy atom. The minimum absolute atomic E-state index is 0.484. The summed E-state index contributed by atoms with van der Waals surface area (Å²) in [6, 6.07) is -0.721. The number of hydrogen-bond donors (Lipinski definition) is 2. The molecule has 0 aliphatic carbocycles. The van der Waals surface area contributed by atoms with Gasteiger partial charge in [0, 0.05) is 0 Å². The fourth-order valence-corrected chi connectivity index (χ4v) is 1.75. The molecule has 0 atom stereocenters. The van der Waals surface area contributed by atoms with E-state index in [0.29, 0.717) is 6.42 Å². The molecule has 2 N–H and O–H groups in total. The van der Waals surface area contributed by atoms with Gasteiger partial charge in [-0.3, -0.25) is 20.2 Å². The van der Waals surface area contributed by atoms with E-state index in [9.17, 15) is 14.4 Å². The molecule has 1 rings (SSSR count). The maximum absolute atomic E-state index is 11.6. The molecule has 0 radical (unpaired) electrons. The van der Waals surface area contributed by atoms with Gasteiger partial charge >= 0.3 is 6.03 Å². The van der Waals surface area contributed by atoms with Crippen LogP contribution in [0.3, 0.4) is 0 Å². The average Bonchev–Trinajstić information content (AvgIpc) is 2.21. The third-order valence-corrected chi connectivity index (χ3v) is 2.99. The van der Waals surface area contributed by atoms with Crippen LogP contribution < -0.4 is 10.6 Å². The first kappa shape index (κ1) is 12.7. The molecule has 1 saturated heterocycles. The van der Waals surface area contributed by atoms with Crippen LogP contribution in [-0.2, 0) is 9.59 Å². The number of urea groups is 1. The smallest absolute Gasteiger partial charge is 0.277 e. The molecular weight excluding hydrogens is 208 g/mol. The number of rotatable bonds is 5. The summed E-state index contributed by atoms with van der Waals surface area (Å²) >= 11 is 0. The highest BCUT2D eigenvalue weighted by Gasteiger charge is 2.45. The van der Waals surface area contributed by atoms with Gasteiger partial charge in [0.15, 0.2) is 0 Å². The summed E-state index contributed by atoms with van der Waals surface area (Å²) < 4.78 is 0. The first-order chi connectivity index (χ1) is 7.50. The average molecular weight is 226 g/mol. The Labute approximate surface area is 95.0 Å². The van der Waals surface area contributed by atoms with Gasteiger partial charge in [-0.05, 0) is 13.3 Å². The van der Waals surface area contributed by atoms with Crippen molar-refractivity contribution < 1.29 is 14.4 Å². The molecule has 1 aliphatic heterocycles. The molecule has 90 valence electrons. The van der Waals surface area contributed by atoms with E-state index in [4.69, 9.17) is 0 Å². The van der Waals surface area contributed by atoms with Crippen LogP contribution in [0.5, 0.6) is 0 Å². The summed E-state index contributed by atoms with van der Waals surface area (Å²) in [6.07, 6.45) is 4.50. The Kier molecular flexibility index (Phi) is 4.04. The maximum Gasteiger partial charge on any atom is 0.328 e. The third kappa shape index (κ3) is 2.59. The Morgan fingerprint density at radius 1 is 1.00 bits per heavy atom. The van der Waals surface area contributed by atoms with Crippen molar-refractivity contribution in [1.29, 1.82) is 0 Å². The number of imide groups is 2. The maximum atomic E-state index is 11.6. The monoisotopic (exact) mass is 226 g/mol. The number of unbranched alkanes of at least 4 members (excludes halogenated alkanes) is 3. The summed E-state index contributed by atoms with van der Waals surface area (Å²) in [5.74, 6) is -0.976. The lowest BCUT2D eigenvalue weighted by Crippen LogP contribution is -2.61. The standard InChI is InChI=1S/C11H18N2O3/c1-3-4-5-6-7-11(2)8(14)12-10(16)13-9(11)15/h3-7H2,1-2H3,(H2,12,13,14,15,16). The molecule has 0 spiro atoms. The van der Waals surface area contributed by atoms with E-state index in [1.807, 2.05) is 0 Å². The molecule has 0 saturated carbocycles. The second kappa shape index (κ2) is 5.09. The van der Waals surface area contributed by atoms with Gasteiger partial charge in [-0.25, -0.2) is 4.79 Å². The van der Waals surface area contributed by atoms with Gasteiger partial charge < -0.3 is 0 Å². The summed E-state index contributed by atoms with van der Waals surface area (Å²) in [4.78, 5) is 34.1. The predicted octanol–water partition coefficient (Wildman–Crippen LogP) is 1.33. The topological polar surface area (TPSA) is 75.3 Å². The minimum Gasteiger partial charge on any atom is -0.277 e. The second-order valence-electron chi connectivity index (χ2n) is 4.38. The Morgan fingerprint density at radius 2 is 1.56 bits per heavy atom. The lowest BCUT2D eigenvalue weighted by atomic mass is 9.81. The van der Waals surface area contributed by atoms with E-state index in [0.717, 1.165) is 25.7 Å². The largest absolute Gasteiger partial charge is 0.328 e. The van der Waals surface area contributed by atoms with Gasteiger partial charge in [0.1, 0.15) is 5.41 Å². The summed E-state index contributed by atoms with van der Waals surface area (Å²) in [7, 11) is 0. The van der Waals surface area contributed by atoms with E-state index >= 15 is 0 Å². The normalized spacial score (nSPS) is 19.2. The van der Waals surface area contributed by atoms with E-state index in [-0.39, 0.29) is 0 Å². The summed E-state index contributed by atoms with van der Waals surface area (Å²) in [5.41, 5.74) is -1.10. The van der Waals surface area contributed by atoms with Crippen LogP contribution in [0.4, 0.5) is 4.79 Å². The molecule has 16 heavy (non-hydrogen) atoms. The summed E-state index contributed by atoms with van der Waals surface area (Å²) in [5, 5.41) is 4.26. The highest BCUT2D eigenvalue weighted by Crippen LogP contribution is 2.27. The quantitative estimate of drug-likeness (QED) is 0.548. The van der Waals surface area contributed by atoms with Gasteiger partial charge in [-0.15, -0.1) is 0 Å².